The van der Waals surface area contributed by atoms with Crippen molar-refractivity contribution in [3.8, 4) is 0 Å². The highest BCUT2D eigenvalue weighted by atomic mass is 16.5. The van der Waals surface area contributed by atoms with Crippen LogP contribution >= 0.6 is 0 Å². The molecule has 1 N–H and O–H groups in total. The largest absolute Gasteiger partial charge is 0.379 e. The molecule has 2 heterocycles. The maximum Gasteiger partial charge on any atom is 0.225 e. The van der Waals surface area contributed by atoms with Crippen LogP contribution in [0, 0.1) is 5.92 Å². The molecule has 0 saturated carbocycles. The number of carbonyl (C=O) groups excluding carboxylic acids is 2. The van der Waals surface area contributed by atoms with Gasteiger partial charge in [0.05, 0.1) is 19.1 Å². The van der Waals surface area contributed by atoms with E-state index in [0.717, 1.165) is 52.2 Å². The second kappa shape index (κ2) is 8.34. The van der Waals surface area contributed by atoms with Gasteiger partial charge in [-0.05, 0) is 6.42 Å². The van der Waals surface area contributed by atoms with Crippen LogP contribution in [0.4, 0.5) is 0 Å². The van der Waals surface area contributed by atoms with Gasteiger partial charge in [0.15, 0.2) is 0 Å². The van der Waals surface area contributed by atoms with Gasteiger partial charge in [0.25, 0.3) is 0 Å². The van der Waals surface area contributed by atoms with E-state index >= 15 is 0 Å². The summed E-state index contributed by atoms with van der Waals surface area (Å²) in [7, 11) is 0. The van der Waals surface area contributed by atoms with Crippen molar-refractivity contribution in [3.05, 3.63) is 0 Å². The van der Waals surface area contributed by atoms with E-state index in [1.807, 2.05) is 4.90 Å². The molecular weight excluding hydrogens is 270 g/mol. The Morgan fingerprint density at radius 3 is 2.81 bits per heavy atom. The van der Waals surface area contributed by atoms with Crippen molar-refractivity contribution in [2.24, 2.45) is 5.92 Å². The quantitative estimate of drug-likeness (QED) is 0.723. The van der Waals surface area contributed by atoms with Crippen molar-refractivity contribution in [2.45, 2.75) is 26.2 Å². The zero-order valence-corrected chi connectivity index (χ0v) is 13.0. The normalized spacial score (nSPS) is 23.6. The number of carbonyl (C=O) groups is 2. The highest BCUT2D eigenvalue weighted by Gasteiger charge is 2.33. The van der Waals surface area contributed by atoms with E-state index in [1.54, 1.807) is 0 Å². The molecule has 0 aromatic carbocycles. The molecule has 0 bridgehead atoms. The van der Waals surface area contributed by atoms with E-state index in [2.05, 4.69) is 17.1 Å². The Morgan fingerprint density at radius 2 is 2.10 bits per heavy atom. The predicted molar refractivity (Wildman–Crippen MR) is 79.9 cm³/mol. The summed E-state index contributed by atoms with van der Waals surface area (Å²) in [4.78, 5) is 28.1. The second-order valence-corrected chi connectivity index (χ2v) is 5.84. The van der Waals surface area contributed by atoms with Crippen molar-refractivity contribution in [1.82, 2.24) is 15.1 Å². The van der Waals surface area contributed by atoms with Gasteiger partial charge in [0.2, 0.25) is 11.8 Å². The molecule has 0 unspecified atom stereocenters. The summed E-state index contributed by atoms with van der Waals surface area (Å²) < 4.78 is 5.29. The standard InChI is InChI=1S/C15H27N3O3/c1-2-3-5-18-12-13(11-14(18)19)15(20)16-4-6-17-7-9-21-10-8-17/h13H,2-12H2,1H3,(H,16,20)/t13-/m1/s1. The van der Waals surface area contributed by atoms with Gasteiger partial charge in [-0.15, -0.1) is 0 Å². The fourth-order valence-corrected chi connectivity index (χ4v) is 2.82. The number of morpholine rings is 1. The molecule has 2 aliphatic heterocycles. The molecular formula is C15H27N3O3. The van der Waals surface area contributed by atoms with Gasteiger partial charge in [0.1, 0.15) is 0 Å². The molecule has 2 amide bonds. The van der Waals surface area contributed by atoms with Crippen molar-refractivity contribution in [3.63, 3.8) is 0 Å². The highest BCUT2D eigenvalue weighted by molar-refractivity contribution is 5.89. The van der Waals surface area contributed by atoms with E-state index in [-0.39, 0.29) is 17.7 Å². The number of hydrogen-bond donors (Lipinski definition) is 1. The maximum absolute atomic E-state index is 12.1. The van der Waals surface area contributed by atoms with E-state index < -0.39 is 0 Å². The Labute approximate surface area is 126 Å². The van der Waals surface area contributed by atoms with Gasteiger partial charge in [-0.2, -0.15) is 0 Å². The lowest BCUT2D eigenvalue weighted by Gasteiger charge is -2.26. The van der Waals surface area contributed by atoms with E-state index in [1.165, 1.54) is 0 Å². The van der Waals surface area contributed by atoms with Gasteiger partial charge in [0, 0.05) is 45.7 Å². The molecule has 120 valence electrons. The third kappa shape index (κ3) is 4.97. The molecule has 2 saturated heterocycles. The van der Waals surface area contributed by atoms with Gasteiger partial charge >= 0.3 is 0 Å². The molecule has 2 rings (SSSR count). The summed E-state index contributed by atoms with van der Waals surface area (Å²) in [5, 5.41) is 2.97. The fraction of sp³-hybridized carbons (Fsp3) is 0.867. The first-order chi connectivity index (χ1) is 10.2. The molecule has 0 aromatic heterocycles. The van der Waals surface area contributed by atoms with Crippen molar-refractivity contribution >= 4 is 11.8 Å². The van der Waals surface area contributed by atoms with Crippen LogP contribution in [0.2, 0.25) is 0 Å². The zero-order chi connectivity index (χ0) is 15.1. The highest BCUT2D eigenvalue weighted by Crippen LogP contribution is 2.18. The average molecular weight is 297 g/mol. The summed E-state index contributed by atoms with van der Waals surface area (Å²) in [6.07, 6.45) is 2.45. The lowest BCUT2D eigenvalue weighted by Crippen LogP contribution is -2.42. The Hall–Kier alpha value is -1.14. The number of amides is 2. The van der Waals surface area contributed by atoms with E-state index in [0.29, 0.717) is 19.5 Å². The Kier molecular flexibility index (Phi) is 6.45. The van der Waals surface area contributed by atoms with Crippen molar-refractivity contribution in [2.75, 3.05) is 52.5 Å². The first-order valence-electron chi connectivity index (χ1n) is 8.06. The molecule has 6 heteroatoms. The molecule has 0 spiro atoms. The predicted octanol–water partition coefficient (Wildman–Crippen LogP) is 0.0834. The van der Waals surface area contributed by atoms with Crippen molar-refractivity contribution in [1.29, 1.82) is 0 Å². The van der Waals surface area contributed by atoms with Crippen LogP contribution in [-0.2, 0) is 14.3 Å². The number of likely N-dealkylation sites (tertiary alicyclic amines) is 1. The molecule has 2 fully saturated rings. The van der Waals surface area contributed by atoms with Crippen LogP contribution < -0.4 is 5.32 Å². The smallest absolute Gasteiger partial charge is 0.225 e. The van der Waals surface area contributed by atoms with Crippen LogP contribution in [0.25, 0.3) is 0 Å². The number of unbranched alkanes of at least 4 members (excludes halogenated alkanes) is 1. The summed E-state index contributed by atoms with van der Waals surface area (Å²) in [5.74, 6) is -0.0218. The number of nitrogens with zero attached hydrogens (tertiary/aromatic N) is 2. The topological polar surface area (TPSA) is 61.9 Å². The second-order valence-electron chi connectivity index (χ2n) is 5.84. The van der Waals surface area contributed by atoms with Gasteiger partial charge < -0.3 is 15.0 Å². The third-order valence-corrected chi connectivity index (χ3v) is 4.20. The maximum atomic E-state index is 12.1. The van der Waals surface area contributed by atoms with Gasteiger partial charge in [-0.25, -0.2) is 0 Å². The molecule has 0 aromatic rings. The third-order valence-electron chi connectivity index (χ3n) is 4.20. The molecule has 21 heavy (non-hydrogen) atoms. The van der Waals surface area contributed by atoms with E-state index in [9.17, 15) is 9.59 Å². The Bertz CT molecular complexity index is 356. The molecule has 1 atom stereocenters. The SMILES string of the molecule is CCCCN1C[C@H](C(=O)NCCN2CCOCC2)CC1=O. The summed E-state index contributed by atoms with van der Waals surface area (Å²) >= 11 is 0. The lowest BCUT2D eigenvalue weighted by atomic mass is 10.1. The zero-order valence-electron chi connectivity index (χ0n) is 13.0. The Balaban J connectivity index is 1.65. The van der Waals surface area contributed by atoms with Crippen molar-refractivity contribution < 1.29 is 14.3 Å². The number of ether oxygens (including phenoxy) is 1. The minimum absolute atomic E-state index is 0.0237. The molecule has 6 nitrogen and oxygen atoms in total. The van der Waals surface area contributed by atoms with Gasteiger partial charge in [-0.1, -0.05) is 13.3 Å². The first kappa shape index (κ1) is 16.2. The minimum Gasteiger partial charge on any atom is -0.379 e. The summed E-state index contributed by atoms with van der Waals surface area (Å²) in [6.45, 7) is 8.40. The number of nitrogens with one attached hydrogen (secondary N) is 1. The van der Waals surface area contributed by atoms with Crippen LogP contribution in [0.3, 0.4) is 0 Å². The van der Waals surface area contributed by atoms with E-state index in [4.69, 9.17) is 4.74 Å². The summed E-state index contributed by atoms with van der Waals surface area (Å²) in [6, 6.07) is 0. The number of rotatable bonds is 7. The number of hydrogen-bond acceptors (Lipinski definition) is 4. The van der Waals surface area contributed by atoms with Gasteiger partial charge in [-0.3, -0.25) is 14.5 Å². The van der Waals surface area contributed by atoms with Crippen LogP contribution in [0.15, 0.2) is 0 Å². The minimum atomic E-state index is -0.168. The monoisotopic (exact) mass is 297 g/mol. The first-order valence-corrected chi connectivity index (χ1v) is 8.06. The average Bonchev–Trinajstić information content (AvgIpc) is 2.87. The molecule has 2 aliphatic rings. The van der Waals surface area contributed by atoms with Crippen LogP contribution in [0.1, 0.15) is 26.2 Å². The Morgan fingerprint density at radius 1 is 1.33 bits per heavy atom. The van der Waals surface area contributed by atoms with Crippen LogP contribution in [-0.4, -0.2) is 74.1 Å². The lowest BCUT2D eigenvalue weighted by molar-refractivity contribution is -0.129. The summed E-state index contributed by atoms with van der Waals surface area (Å²) in [5.41, 5.74) is 0. The molecule has 0 radical (unpaired) electrons. The van der Waals surface area contributed by atoms with Crippen LogP contribution in [0.5, 0.6) is 0 Å². The molecule has 0 aliphatic carbocycles. The fourth-order valence-electron chi connectivity index (χ4n) is 2.82.